The summed E-state index contributed by atoms with van der Waals surface area (Å²) in [5.74, 6) is 3.35. The van der Waals surface area contributed by atoms with Crippen molar-refractivity contribution in [2.24, 2.45) is 0 Å². The molecule has 1 aliphatic carbocycles. The van der Waals surface area contributed by atoms with Crippen LogP contribution in [0.4, 0.5) is 4.79 Å². The second-order valence-corrected chi connectivity index (χ2v) is 7.10. The number of urea groups is 1. The van der Waals surface area contributed by atoms with Gasteiger partial charge in [-0.2, -0.15) is 0 Å². The van der Waals surface area contributed by atoms with Crippen LogP contribution in [0.3, 0.4) is 0 Å². The first kappa shape index (κ1) is 16.2. The Morgan fingerprint density at radius 2 is 2.04 bits per heavy atom. The molecule has 2 aromatic rings. The lowest BCUT2D eigenvalue weighted by atomic mass is 10.1. The van der Waals surface area contributed by atoms with Gasteiger partial charge in [0, 0.05) is 19.0 Å². The second kappa shape index (κ2) is 6.54. The number of hydrogen-bond acceptors (Lipinski definition) is 4. The Morgan fingerprint density at radius 3 is 2.76 bits per heavy atom. The Balaban J connectivity index is 1.45. The molecule has 0 unspecified atom stereocenters. The lowest BCUT2D eigenvalue weighted by Crippen LogP contribution is -2.46. The van der Waals surface area contributed by atoms with Gasteiger partial charge in [-0.05, 0) is 38.3 Å². The smallest absolute Gasteiger partial charge is 0.318 e. The molecule has 0 bridgehead atoms. The van der Waals surface area contributed by atoms with Gasteiger partial charge < -0.3 is 19.2 Å². The third-order valence-corrected chi connectivity index (χ3v) is 5.56. The Kier molecular flexibility index (Phi) is 4.23. The maximum Gasteiger partial charge on any atom is 0.318 e. The summed E-state index contributed by atoms with van der Waals surface area (Å²) in [6.07, 6.45) is 6.62. The van der Waals surface area contributed by atoms with Crippen LogP contribution >= 0.6 is 0 Å². The quantitative estimate of drug-likeness (QED) is 0.929. The zero-order chi connectivity index (χ0) is 17.4. The zero-order valence-corrected chi connectivity index (χ0v) is 14.9. The van der Waals surface area contributed by atoms with Gasteiger partial charge in [0.1, 0.15) is 11.6 Å². The van der Waals surface area contributed by atoms with Gasteiger partial charge in [0.25, 0.3) is 0 Å². The molecule has 0 saturated heterocycles. The van der Waals surface area contributed by atoms with Crippen molar-refractivity contribution in [3.05, 3.63) is 35.3 Å². The SMILES string of the molecule is Cc1ccoc1CNC(=O)N1CCn2c(C3CCCC3)nnc2[C@@H]1C. The standard InChI is InChI=1S/C18H25N5O2/c1-12-7-10-25-15(12)11-19-18(24)22-8-9-23-16(13(22)2)20-21-17(23)14-5-3-4-6-14/h7,10,13-14H,3-6,8-9,11H2,1-2H3,(H,19,24)/t13-/m0/s1. The number of furan rings is 1. The molecule has 2 aromatic heterocycles. The maximum atomic E-state index is 12.6. The van der Waals surface area contributed by atoms with E-state index in [0.29, 0.717) is 19.0 Å². The first-order valence-electron chi connectivity index (χ1n) is 9.15. The Morgan fingerprint density at radius 1 is 1.28 bits per heavy atom. The number of nitrogens with one attached hydrogen (secondary N) is 1. The molecule has 2 aliphatic rings. The fraction of sp³-hybridized carbons (Fsp3) is 0.611. The largest absolute Gasteiger partial charge is 0.467 e. The molecule has 0 aromatic carbocycles. The first-order chi connectivity index (χ1) is 12.1. The van der Waals surface area contributed by atoms with Crippen molar-refractivity contribution < 1.29 is 9.21 Å². The van der Waals surface area contributed by atoms with Gasteiger partial charge in [0.05, 0.1) is 18.8 Å². The monoisotopic (exact) mass is 343 g/mol. The van der Waals surface area contributed by atoms with Crippen LogP contribution in [0.5, 0.6) is 0 Å². The summed E-state index contributed by atoms with van der Waals surface area (Å²) < 4.78 is 7.62. The summed E-state index contributed by atoms with van der Waals surface area (Å²) in [5, 5.41) is 11.8. The molecule has 25 heavy (non-hydrogen) atoms. The molecule has 1 N–H and O–H groups in total. The summed E-state index contributed by atoms with van der Waals surface area (Å²) in [4.78, 5) is 14.4. The molecule has 7 heteroatoms. The number of carbonyl (C=O) groups is 1. The summed E-state index contributed by atoms with van der Waals surface area (Å²) >= 11 is 0. The number of fused-ring (bicyclic) bond motifs is 1. The number of nitrogens with zero attached hydrogens (tertiary/aromatic N) is 4. The average Bonchev–Trinajstić information content (AvgIpc) is 3.33. The minimum atomic E-state index is -0.0834. The van der Waals surface area contributed by atoms with E-state index < -0.39 is 0 Å². The van der Waals surface area contributed by atoms with Crippen molar-refractivity contribution in [1.29, 1.82) is 0 Å². The summed E-state index contributed by atoms with van der Waals surface area (Å²) in [6, 6.07) is 1.74. The van der Waals surface area contributed by atoms with Crippen LogP contribution < -0.4 is 5.32 Å². The zero-order valence-electron chi connectivity index (χ0n) is 14.9. The summed E-state index contributed by atoms with van der Waals surface area (Å²) in [5.41, 5.74) is 1.05. The highest BCUT2D eigenvalue weighted by Crippen LogP contribution is 2.35. The topological polar surface area (TPSA) is 76.2 Å². The van der Waals surface area contributed by atoms with Crippen LogP contribution in [0.15, 0.2) is 16.7 Å². The van der Waals surface area contributed by atoms with Crippen LogP contribution in [-0.2, 0) is 13.1 Å². The highest BCUT2D eigenvalue weighted by atomic mass is 16.3. The van der Waals surface area contributed by atoms with E-state index in [1.54, 1.807) is 6.26 Å². The van der Waals surface area contributed by atoms with E-state index in [2.05, 4.69) is 20.1 Å². The van der Waals surface area contributed by atoms with Crippen LogP contribution in [0.2, 0.25) is 0 Å². The molecule has 1 aliphatic heterocycles. The molecule has 3 heterocycles. The first-order valence-corrected chi connectivity index (χ1v) is 9.15. The van der Waals surface area contributed by atoms with Crippen LogP contribution in [0.1, 0.15) is 67.5 Å². The van der Waals surface area contributed by atoms with E-state index in [9.17, 15) is 4.79 Å². The molecule has 134 valence electrons. The highest BCUT2D eigenvalue weighted by molar-refractivity contribution is 5.74. The van der Waals surface area contributed by atoms with E-state index in [4.69, 9.17) is 4.42 Å². The molecule has 4 rings (SSSR count). The van der Waals surface area contributed by atoms with Gasteiger partial charge in [-0.1, -0.05) is 12.8 Å². The summed E-state index contributed by atoms with van der Waals surface area (Å²) in [6.45, 7) is 5.85. The molecular formula is C18H25N5O2. The molecule has 1 saturated carbocycles. The highest BCUT2D eigenvalue weighted by Gasteiger charge is 2.33. The van der Waals surface area contributed by atoms with Gasteiger partial charge in [0.15, 0.2) is 5.82 Å². The van der Waals surface area contributed by atoms with Crippen molar-refractivity contribution in [1.82, 2.24) is 25.0 Å². The van der Waals surface area contributed by atoms with Crippen molar-refractivity contribution in [3.63, 3.8) is 0 Å². The number of amides is 2. The molecule has 0 spiro atoms. The van der Waals surface area contributed by atoms with Gasteiger partial charge >= 0.3 is 6.03 Å². The number of hydrogen-bond donors (Lipinski definition) is 1. The molecule has 1 fully saturated rings. The molecule has 2 amide bonds. The average molecular weight is 343 g/mol. The van der Waals surface area contributed by atoms with Crippen molar-refractivity contribution in [2.45, 2.75) is 64.6 Å². The third-order valence-electron chi connectivity index (χ3n) is 5.56. The van der Waals surface area contributed by atoms with Crippen LogP contribution in [0.25, 0.3) is 0 Å². The van der Waals surface area contributed by atoms with E-state index in [-0.39, 0.29) is 12.1 Å². The van der Waals surface area contributed by atoms with Gasteiger partial charge in [-0.15, -0.1) is 10.2 Å². The Bertz CT molecular complexity index is 759. The maximum absolute atomic E-state index is 12.6. The molecule has 1 atom stereocenters. The van der Waals surface area contributed by atoms with Crippen LogP contribution in [0, 0.1) is 6.92 Å². The van der Waals surface area contributed by atoms with Crippen LogP contribution in [-0.4, -0.2) is 32.2 Å². The van der Waals surface area contributed by atoms with Gasteiger partial charge in [-0.25, -0.2) is 4.79 Å². The molecular weight excluding hydrogens is 318 g/mol. The Labute approximate surface area is 147 Å². The van der Waals surface area contributed by atoms with Crippen molar-refractivity contribution in [3.8, 4) is 0 Å². The number of carbonyl (C=O) groups excluding carboxylic acids is 1. The van der Waals surface area contributed by atoms with Crippen molar-refractivity contribution in [2.75, 3.05) is 6.54 Å². The molecule has 7 nitrogen and oxygen atoms in total. The molecule has 0 radical (unpaired) electrons. The van der Waals surface area contributed by atoms with E-state index in [0.717, 1.165) is 29.5 Å². The number of rotatable bonds is 3. The van der Waals surface area contributed by atoms with E-state index in [1.807, 2.05) is 24.8 Å². The number of aromatic nitrogens is 3. The fourth-order valence-corrected chi connectivity index (χ4v) is 4.01. The predicted molar refractivity (Wildman–Crippen MR) is 92.0 cm³/mol. The lowest BCUT2D eigenvalue weighted by Gasteiger charge is -2.34. The fourth-order valence-electron chi connectivity index (χ4n) is 4.01. The predicted octanol–water partition coefficient (Wildman–Crippen LogP) is 3.12. The minimum Gasteiger partial charge on any atom is -0.467 e. The number of aryl methyl sites for hydroxylation is 1. The van der Waals surface area contributed by atoms with Gasteiger partial charge in [0.2, 0.25) is 0 Å². The second-order valence-electron chi connectivity index (χ2n) is 7.10. The lowest BCUT2D eigenvalue weighted by molar-refractivity contribution is 0.158. The minimum absolute atomic E-state index is 0.0749. The van der Waals surface area contributed by atoms with E-state index in [1.165, 1.54) is 25.7 Å². The Hall–Kier alpha value is -2.31. The third kappa shape index (κ3) is 2.92. The van der Waals surface area contributed by atoms with Crippen molar-refractivity contribution >= 4 is 6.03 Å². The van der Waals surface area contributed by atoms with Gasteiger partial charge in [-0.3, -0.25) is 0 Å². The normalized spacial score (nSPS) is 20.7. The van der Waals surface area contributed by atoms with E-state index >= 15 is 0 Å². The summed E-state index contributed by atoms with van der Waals surface area (Å²) in [7, 11) is 0.